The Morgan fingerprint density at radius 2 is 1.24 bits per heavy atom. The average molecular weight is 270 g/mol. The van der Waals surface area contributed by atoms with E-state index < -0.39 is 0 Å². The van der Waals surface area contributed by atoms with E-state index in [0.29, 0.717) is 0 Å². The SMILES string of the molecule is c1ccc(-c2ccc3c(-c4ccccc4)occ3c2)cc1. The van der Waals surface area contributed by atoms with Crippen LogP contribution in [0.2, 0.25) is 0 Å². The molecule has 0 radical (unpaired) electrons. The maximum absolute atomic E-state index is 5.79. The van der Waals surface area contributed by atoms with Gasteiger partial charge < -0.3 is 4.42 Å². The van der Waals surface area contributed by atoms with Gasteiger partial charge in [0.1, 0.15) is 5.76 Å². The lowest BCUT2D eigenvalue weighted by atomic mass is 10.0. The third-order valence-electron chi connectivity index (χ3n) is 3.74. The minimum Gasteiger partial charge on any atom is -0.463 e. The summed E-state index contributed by atoms with van der Waals surface area (Å²) in [6.07, 6.45) is 1.84. The Labute approximate surface area is 123 Å². The molecule has 0 fully saturated rings. The molecule has 0 aliphatic carbocycles. The van der Waals surface area contributed by atoms with Crippen LogP contribution in [0.4, 0.5) is 0 Å². The lowest BCUT2D eigenvalue weighted by Gasteiger charge is -2.02. The van der Waals surface area contributed by atoms with Crippen molar-refractivity contribution in [1.82, 2.24) is 0 Å². The predicted molar refractivity (Wildman–Crippen MR) is 87.1 cm³/mol. The number of furan rings is 1. The van der Waals surface area contributed by atoms with Crippen LogP contribution in [-0.2, 0) is 0 Å². The second kappa shape index (κ2) is 4.95. The Kier molecular flexibility index (Phi) is 2.82. The summed E-state index contributed by atoms with van der Waals surface area (Å²) in [5, 5.41) is 2.29. The topological polar surface area (TPSA) is 13.1 Å². The molecule has 21 heavy (non-hydrogen) atoms. The highest BCUT2D eigenvalue weighted by molar-refractivity contribution is 5.96. The molecular weight excluding hydrogens is 256 g/mol. The van der Waals surface area contributed by atoms with E-state index in [1.165, 1.54) is 11.1 Å². The highest BCUT2D eigenvalue weighted by Gasteiger charge is 2.09. The Bertz CT molecular complexity index is 874. The van der Waals surface area contributed by atoms with Crippen molar-refractivity contribution in [1.29, 1.82) is 0 Å². The van der Waals surface area contributed by atoms with Gasteiger partial charge in [-0.3, -0.25) is 0 Å². The van der Waals surface area contributed by atoms with E-state index in [4.69, 9.17) is 4.42 Å². The molecular formula is C20H14O. The smallest absolute Gasteiger partial charge is 0.141 e. The van der Waals surface area contributed by atoms with Crippen molar-refractivity contribution in [3.05, 3.63) is 85.1 Å². The Hall–Kier alpha value is -2.80. The molecule has 1 nitrogen and oxygen atoms in total. The molecule has 0 aliphatic heterocycles. The highest BCUT2D eigenvalue weighted by Crippen LogP contribution is 2.33. The van der Waals surface area contributed by atoms with Crippen molar-refractivity contribution in [2.45, 2.75) is 0 Å². The standard InChI is InChI=1S/C20H14O/c1-3-7-15(8-4-1)17-11-12-19-18(13-17)14-21-20(19)16-9-5-2-6-10-16/h1-14H. The van der Waals surface area contributed by atoms with Gasteiger partial charge in [-0.2, -0.15) is 0 Å². The van der Waals surface area contributed by atoms with Gasteiger partial charge in [0.05, 0.1) is 6.26 Å². The number of hydrogen-bond acceptors (Lipinski definition) is 1. The zero-order valence-electron chi connectivity index (χ0n) is 11.5. The summed E-state index contributed by atoms with van der Waals surface area (Å²) in [5.41, 5.74) is 3.55. The Morgan fingerprint density at radius 3 is 1.95 bits per heavy atom. The summed E-state index contributed by atoms with van der Waals surface area (Å²) >= 11 is 0. The quantitative estimate of drug-likeness (QED) is 0.451. The van der Waals surface area contributed by atoms with Crippen LogP contribution in [-0.4, -0.2) is 0 Å². The van der Waals surface area contributed by atoms with Crippen LogP contribution in [0.25, 0.3) is 33.2 Å². The van der Waals surface area contributed by atoms with Gasteiger partial charge in [-0.15, -0.1) is 0 Å². The number of fused-ring (bicyclic) bond motifs is 1. The van der Waals surface area contributed by atoms with E-state index in [2.05, 4.69) is 54.6 Å². The van der Waals surface area contributed by atoms with Gasteiger partial charge in [0, 0.05) is 16.3 Å². The zero-order valence-corrected chi connectivity index (χ0v) is 11.5. The summed E-state index contributed by atoms with van der Waals surface area (Å²) < 4.78 is 5.79. The molecule has 4 rings (SSSR count). The first-order valence-corrected chi connectivity index (χ1v) is 7.04. The first-order chi connectivity index (χ1) is 10.4. The van der Waals surface area contributed by atoms with Crippen molar-refractivity contribution in [3.8, 4) is 22.5 Å². The third-order valence-corrected chi connectivity index (χ3v) is 3.74. The molecule has 0 saturated heterocycles. The Balaban J connectivity index is 1.85. The molecule has 100 valence electrons. The monoisotopic (exact) mass is 270 g/mol. The highest BCUT2D eigenvalue weighted by atomic mass is 16.3. The molecule has 0 saturated carbocycles. The first-order valence-electron chi connectivity index (χ1n) is 7.04. The maximum Gasteiger partial charge on any atom is 0.141 e. The van der Waals surface area contributed by atoms with E-state index in [0.717, 1.165) is 22.1 Å². The summed E-state index contributed by atoms with van der Waals surface area (Å²) in [6.45, 7) is 0. The lowest BCUT2D eigenvalue weighted by molar-refractivity contribution is 0.587. The normalized spacial score (nSPS) is 10.9. The molecule has 0 N–H and O–H groups in total. The zero-order chi connectivity index (χ0) is 14.1. The van der Waals surface area contributed by atoms with E-state index in [9.17, 15) is 0 Å². The second-order valence-corrected chi connectivity index (χ2v) is 5.10. The molecule has 0 unspecified atom stereocenters. The predicted octanol–water partition coefficient (Wildman–Crippen LogP) is 5.77. The van der Waals surface area contributed by atoms with E-state index >= 15 is 0 Å². The van der Waals surface area contributed by atoms with Crippen LogP contribution in [0.3, 0.4) is 0 Å². The van der Waals surface area contributed by atoms with Crippen LogP contribution < -0.4 is 0 Å². The average Bonchev–Trinajstić information content (AvgIpc) is 2.99. The molecule has 0 amide bonds. The largest absolute Gasteiger partial charge is 0.463 e. The number of hydrogen-bond donors (Lipinski definition) is 0. The fourth-order valence-electron chi connectivity index (χ4n) is 2.68. The van der Waals surface area contributed by atoms with Gasteiger partial charge in [0.2, 0.25) is 0 Å². The molecule has 0 spiro atoms. The van der Waals surface area contributed by atoms with Gasteiger partial charge in [0.25, 0.3) is 0 Å². The van der Waals surface area contributed by atoms with Crippen molar-refractivity contribution in [3.63, 3.8) is 0 Å². The molecule has 3 aromatic carbocycles. The fourth-order valence-corrected chi connectivity index (χ4v) is 2.68. The van der Waals surface area contributed by atoms with Crippen LogP contribution in [0.15, 0.2) is 89.5 Å². The summed E-state index contributed by atoms with van der Waals surface area (Å²) in [4.78, 5) is 0. The van der Waals surface area contributed by atoms with Crippen LogP contribution >= 0.6 is 0 Å². The van der Waals surface area contributed by atoms with Gasteiger partial charge in [-0.1, -0.05) is 66.7 Å². The minimum absolute atomic E-state index is 0.935. The van der Waals surface area contributed by atoms with Crippen LogP contribution in [0.5, 0.6) is 0 Å². The molecule has 0 bridgehead atoms. The summed E-state index contributed by atoms with van der Waals surface area (Å²) in [5.74, 6) is 0.935. The fraction of sp³-hybridized carbons (Fsp3) is 0. The number of benzene rings is 3. The second-order valence-electron chi connectivity index (χ2n) is 5.10. The summed E-state index contributed by atoms with van der Waals surface area (Å²) in [6, 6.07) is 27.1. The van der Waals surface area contributed by atoms with E-state index in [1.807, 2.05) is 30.5 Å². The van der Waals surface area contributed by atoms with Gasteiger partial charge in [0.15, 0.2) is 0 Å². The van der Waals surface area contributed by atoms with Crippen molar-refractivity contribution >= 4 is 10.8 Å². The van der Waals surface area contributed by atoms with E-state index in [-0.39, 0.29) is 0 Å². The third kappa shape index (κ3) is 2.13. The van der Waals surface area contributed by atoms with Crippen molar-refractivity contribution < 1.29 is 4.42 Å². The van der Waals surface area contributed by atoms with Gasteiger partial charge in [-0.25, -0.2) is 0 Å². The molecule has 1 aromatic heterocycles. The van der Waals surface area contributed by atoms with Crippen LogP contribution in [0.1, 0.15) is 0 Å². The minimum atomic E-state index is 0.935. The van der Waals surface area contributed by atoms with Gasteiger partial charge in [-0.05, 0) is 23.3 Å². The van der Waals surface area contributed by atoms with Crippen LogP contribution in [0, 0.1) is 0 Å². The maximum atomic E-state index is 5.79. The molecule has 0 atom stereocenters. The van der Waals surface area contributed by atoms with Crippen molar-refractivity contribution in [2.24, 2.45) is 0 Å². The molecule has 1 heteroatoms. The molecule has 4 aromatic rings. The van der Waals surface area contributed by atoms with Crippen molar-refractivity contribution in [2.75, 3.05) is 0 Å². The van der Waals surface area contributed by atoms with Gasteiger partial charge >= 0.3 is 0 Å². The Morgan fingerprint density at radius 1 is 0.571 bits per heavy atom. The first kappa shape index (κ1) is 12.0. The molecule has 1 heterocycles. The summed E-state index contributed by atoms with van der Waals surface area (Å²) in [7, 11) is 0. The number of rotatable bonds is 2. The molecule has 0 aliphatic rings. The lowest BCUT2D eigenvalue weighted by Crippen LogP contribution is -1.78. The van der Waals surface area contributed by atoms with E-state index in [1.54, 1.807) is 0 Å².